The smallest absolute Gasteiger partial charge is 0.234 e. The number of carbonyl (C=O) groups excluding carboxylic acids is 1. The molecule has 4 nitrogen and oxygen atoms in total. The van der Waals surface area contributed by atoms with E-state index in [0.717, 1.165) is 10.9 Å². The Morgan fingerprint density at radius 1 is 1.44 bits per heavy atom. The average molecular weight is 238 g/mol. The molecule has 0 unspecified atom stereocenters. The summed E-state index contributed by atoms with van der Waals surface area (Å²) < 4.78 is 1.86. The van der Waals surface area contributed by atoms with Gasteiger partial charge in [-0.2, -0.15) is 5.10 Å². The molecule has 1 amide bonds. The van der Waals surface area contributed by atoms with Crippen molar-refractivity contribution in [2.45, 2.75) is 6.54 Å². The second-order valence-corrected chi connectivity index (χ2v) is 3.68. The van der Waals surface area contributed by atoms with Gasteiger partial charge in [-0.1, -0.05) is 18.2 Å². The summed E-state index contributed by atoms with van der Waals surface area (Å²) in [4.78, 5) is 10.9. The van der Waals surface area contributed by atoms with Crippen LogP contribution in [0, 0.1) is 0 Å². The molecule has 1 aromatic carbocycles. The predicted octanol–water partition coefficient (Wildman–Crippen LogP) is 1.39. The molecule has 1 heterocycles. The second-order valence-electron chi connectivity index (χ2n) is 3.41. The molecular weight excluding hydrogens is 226 g/mol. The number of alkyl halides is 1. The minimum absolute atomic E-state index is 0.000144. The highest BCUT2D eigenvalue weighted by molar-refractivity contribution is 6.27. The molecule has 0 aliphatic heterocycles. The van der Waals surface area contributed by atoms with Gasteiger partial charge in [0.05, 0.1) is 18.3 Å². The van der Waals surface area contributed by atoms with Gasteiger partial charge in [-0.05, 0) is 6.07 Å². The van der Waals surface area contributed by atoms with Crippen LogP contribution in [0.4, 0.5) is 0 Å². The Balaban J connectivity index is 2.02. The first-order valence-corrected chi connectivity index (χ1v) is 5.58. The van der Waals surface area contributed by atoms with Crippen molar-refractivity contribution in [3.63, 3.8) is 0 Å². The van der Waals surface area contributed by atoms with Crippen LogP contribution in [0.1, 0.15) is 0 Å². The molecule has 0 spiro atoms. The number of nitrogens with zero attached hydrogens (tertiary/aromatic N) is 2. The molecule has 1 N–H and O–H groups in total. The van der Waals surface area contributed by atoms with E-state index in [9.17, 15) is 4.79 Å². The fourth-order valence-electron chi connectivity index (χ4n) is 1.55. The van der Waals surface area contributed by atoms with E-state index in [1.807, 2.05) is 35.1 Å². The van der Waals surface area contributed by atoms with E-state index in [4.69, 9.17) is 11.6 Å². The lowest BCUT2D eigenvalue weighted by atomic mass is 10.3. The average Bonchev–Trinajstić information content (AvgIpc) is 2.73. The summed E-state index contributed by atoms with van der Waals surface area (Å²) in [6, 6.07) is 7.96. The molecule has 2 rings (SSSR count). The van der Waals surface area contributed by atoms with Gasteiger partial charge >= 0.3 is 0 Å². The Bertz CT molecular complexity index is 495. The summed E-state index contributed by atoms with van der Waals surface area (Å²) in [5.74, 6) is -0.155. The zero-order chi connectivity index (χ0) is 11.4. The lowest BCUT2D eigenvalue weighted by molar-refractivity contribution is -0.118. The van der Waals surface area contributed by atoms with Crippen molar-refractivity contribution in [3.05, 3.63) is 30.5 Å². The summed E-state index contributed by atoms with van der Waals surface area (Å²) in [7, 11) is 0. The van der Waals surface area contributed by atoms with Crippen LogP contribution < -0.4 is 5.32 Å². The first kappa shape index (κ1) is 11.0. The maximum absolute atomic E-state index is 10.9. The van der Waals surface area contributed by atoms with Crippen LogP contribution in [-0.2, 0) is 11.3 Å². The third-order valence-corrected chi connectivity index (χ3v) is 2.56. The first-order valence-electron chi connectivity index (χ1n) is 5.04. The molecule has 0 bridgehead atoms. The number of benzene rings is 1. The van der Waals surface area contributed by atoms with Crippen molar-refractivity contribution < 1.29 is 4.79 Å². The molecule has 0 fully saturated rings. The number of hydrogen-bond donors (Lipinski definition) is 1. The number of halogens is 1. The largest absolute Gasteiger partial charge is 0.353 e. The van der Waals surface area contributed by atoms with Crippen LogP contribution in [-0.4, -0.2) is 28.1 Å². The monoisotopic (exact) mass is 237 g/mol. The van der Waals surface area contributed by atoms with Crippen LogP contribution >= 0.6 is 11.6 Å². The number of nitrogens with one attached hydrogen (secondary N) is 1. The Hall–Kier alpha value is -1.55. The Kier molecular flexibility index (Phi) is 3.41. The van der Waals surface area contributed by atoms with Crippen molar-refractivity contribution in [2.24, 2.45) is 0 Å². The van der Waals surface area contributed by atoms with Gasteiger partial charge in [0, 0.05) is 11.9 Å². The number of aromatic nitrogens is 2. The standard InChI is InChI=1S/C11H12ClN3O/c12-7-11(16)13-5-6-15-10-4-2-1-3-9(10)8-14-15/h1-4,8H,5-7H2,(H,13,16). The van der Waals surface area contributed by atoms with E-state index < -0.39 is 0 Å². The number of amides is 1. The zero-order valence-corrected chi connectivity index (χ0v) is 9.44. The minimum atomic E-state index is -0.155. The van der Waals surface area contributed by atoms with Gasteiger partial charge in [0.2, 0.25) is 5.91 Å². The SMILES string of the molecule is O=C(CCl)NCCn1ncc2ccccc21. The van der Waals surface area contributed by atoms with E-state index in [1.54, 1.807) is 0 Å². The van der Waals surface area contributed by atoms with E-state index in [2.05, 4.69) is 10.4 Å². The molecule has 1 aromatic heterocycles. The second kappa shape index (κ2) is 4.99. The van der Waals surface area contributed by atoms with Crippen molar-refractivity contribution in [1.29, 1.82) is 0 Å². The summed E-state index contributed by atoms with van der Waals surface area (Å²) in [5.41, 5.74) is 1.07. The lowest BCUT2D eigenvalue weighted by Gasteiger charge is -2.04. The highest BCUT2D eigenvalue weighted by atomic mass is 35.5. The highest BCUT2D eigenvalue weighted by Crippen LogP contribution is 2.11. The molecule has 0 radical (unpaired) electrons. The third-order valence-electron chi connectivity index (χ3n) is 2.32. The van der Waals surface area contributed by atoms with Gasteiger partial charge in [-0.25, -0.2) is 0 Å². The molecule has 0 saturated heterocycles. The van der Waals surface area contributed by atoms with E-state index >= 15 is 0 Å². The van der Waals surface area contributed by atoms with E-state index in [1.165, 1.54) is 0 Å². The first-order chi connectivity index (χ1) is 7.81. The Morgan fingerprint density at radius 3 is 3.06 bits per heavy atom. The van der Waals surface area contributed by atoms with Crippen LogP contribution in [0.25, 0.3) is 10.9 Å². The topological polar surface area (TPSA) is 46.9 Å². The molecule has 0 saturated carbocycles. The van der Waals surface area contributed by atoms with Crippen LogP contribution in [0.3, 0.4) is 0 Å². The Labute approximate surface area is 98.2 Å². The predicted molar refractivity (Wildman–Crippen MR) is 63.5 cm³/mol. The number of fused-ring (bicyclic) bond motifs is 1. The van der Waals surface area contributed by atoms with E-state index in [0.29, 0.717) is 13.1 Å². The fraction of sp³-hybridized carbons (Fsp3) is 0.273. The maximum atomic E-state index is 10.9. The number of para-hydroxylation sites is 1. The van der Waals surface area contributed by atoms with Crippen LogP contribution in [0.15, 0.2) is 30.5 Å². The molecule has 0 atom stereocenters. The van der Waals surface area contributed by atoms with Crippen molar-refractivity contribution in [3.8, 4) is 0 Å². The minimum Gasteiger partial charge on any atom is -0.353 e. The molecular formula is C11H12ClN3O. The molecule has 0 aliphatic rings. The Morgan fingerprint density at radius 2 is 2.25 bits per heavy atom. The highest BCUT2D eigenvalue weighted by Gasteiger charge is 2.02. The maximum Gasteiger partial charge on any atom is 0.234 e. The molecule has 16 heavy (non-hydrogen) atoms. The van der Waals surface area contributed by atoms with Crippen LogP contribution in [0.5, 0.6) is 0 Å². The third kappa shape index (κ3) is 2.33. The number of rotatable bonds is 4. The van der Waals surface area contributed by atoms with E-state index in [-0.39, 0.29) is 11.8 Å². The summed E-state index contributed by atoms with van der Waals surface area (Å²) in [6.07, 6.45) is 1.82. The van der Waals surface area contributed by atoms with Crippen molar-refractivity contribution in [2.75, 3.05) is 12.4 Å². The lowest BCUT2D eigenvalue weighted by Crippen LogP contribution is -2.28. The molecule has 2 aromatic rings. The van der Waals surface area contributed by atoms with Gasteiger partial charge in [0.1, 0.15) is 5.88 Å². The normalized spacial score (nSPS) is 10.6. The quantitative estimate of drug-likeness (QED) is 0.817. The van der Waals surface area contributed by atoms with Crippen LogP contribution in [0.2, 0.25) is 0 Å². The fourth-order valence-corrected chi connectivity index (χ4v) is 1.65. The molecule has 5 heteroatoms. The number of hydrogen-bond acceptors (Lipinski definition) is 2. The van der Waals surface area contributed by atoms with Gasteiger partial charge in [-0.3, -0.25) is 9.48 Å². The van der Waals surface area contributed by atoms with Gasteiger partial charge < -0.3 is 5.32 Å². The van der Waals surface area contributed by atoms with Crippen molar-refractivity contribution >= 4 is 28.4 Å². The van der Waals surface area contributed by atoms with Crippen molar-refractivity contribution in [1.82, 2.24) is 15.1 Å². The molecule has 84 valence electrons. The van der Waals surface area contributed by atoms with Gasteiger partial charge in [0.25, 0.3) is 0 Å². The van der Waals surface area contributed by atoms with Gasteiger partial charge in [0.15, 0.2) is 0 Å². The molecule has 0 aliphatic carbocycles. The zero-order valence-electron chi connectivity index (χ0n) is 8.69. The summed E-state index contributed by atoms with van der Waals surface area (Å²) in [6.45, 7) is 1.19. The van der Waals surface area contributed by atoms with Gasteiger partial charge in [-0.15, -0.1) is 11.6 Å². The summed E-state index contributed by atoms with van der Waals surface area (Å²) in [5, 5.41) is 8.06. The number of carbonyl (C=O) groups is 1. The summed E-state index contributed by atoms with van der Waals surface area (Å²) >= 11 is 5.37.